The fourth-order valence-electron chi connectivity index (χ4n) is 4.93. The molecular formula is C31H34ClN3O3. The Labute approximate surface area is 230 Å². The molecule has 0 saturated heterocycles. The van der Waals surface area contributed by atoms with E-state index >= 15 is 0 Å². The lowest BCUT2D eigenvalue weighted by atomic mass is 9.85. The Kier molecular flexibility index (Phi) is 9.21. The third-order valence-electron chi connectivity index (χ3n) is 6.79. The largest absolute Gasteiger partial charge is 0.457 e. The van der Waals surface area contributed by atoms with Crippen molar-refractivity contribution in [1.82, 2.24) is 9.55 Å². The van der Waals surface area contributed by atoms with Gasteiger partial charge in [-0.25, -0.2) is 4.98 Å². The van der Waals surface area contributed by atoms with Gasteiger partial charge in [-0.2, -0.15) is 0 Å². The molecule has 0 spiro atoms. The number of aromatic nitrogens is 2. The molecule has 6 nitrogen and oxygen atoms in total. The number of hydrogen-bond acceptors (Lipinski definition) is 4. The van der Waals surface area contributed by atoms with Gasteiger partial charge in [0.25, 0.3) is 0 Å². The number of ether oxygens (including phenoxy) is 2. The Hall–Kier alpha value is -3.61. The van der Waals surface area contributed by atoms with Crippen molar-refractivity contribution in [3.8, 4) is 11.5 Å². The number of carbonyl (C=O) groups is 1. The van der Waals surface area contributed by atoms with E-state index in [0.717, 1.165) is 52.4 Å². The zero-order valence-electron chi connectivity index (χ0n) is 21.8. The normalized spacial score (nSPS) is 12.3. The number of imidazole rings is 1. The number of aryl methyl sites for hydroxylation is 1. The lowest BCUT2D eigenvalue weighted by Gasteiger charge is -2.28. The van der Waals surface area contributed by atoms with E-state index < -0.39 is 0 Å². The average Bonchev–Trinajstić information content (AvgIpc) is 3.42. The van der Waals surface area contributed by atoms with Crippen molar-refractivity contribution in [3.63, 3.8) is 0 Å². The maximum atomic E-state index is 13.5. The van der Waals surface area contributed by atoms with Gasteiger partial charge in [0.1, 0.15) is 11.5 Å². The van der Waals surface area contributed by atoms with Crippen LogP contribution < -0.4 is 10.1 Å². The van der Waals surface area contributed by atoms with Crippen LogP contribution in [0.25, 0.3) is 0 Å². The summed E-state index contributed by atoms with van der Waals surface area (Å²) in [5.74, 6) is 1.79. The van der Waals surface area contributed by atoms with Gasteiger partial charge in [-0.3, -0.25) is 4.79 Å². The van der Waals surface area contributed by atoms with E-state index in [-0.39, 0.29) is 30.2 Å². The van der Waals surface area contributed by atoms with Crippen LogP contribution in [0.4, 0.5) is 5.69 Å². The van der Waals surface area contributed by atoms with E-state index in [9.17, 15) is 4.79 Å². The molecule has 0 atom stereocenters. The van der Waals surface area contributed by atoms with E-state index in [0.29, 0.717) is 19.6 Å². The second-order valence-electron chi connectivity index (χ2n) is 9.73. The van der Waals surface area contributed by atoms with Gasteiger partial charge in [0.2, 0.25) is 5.91 Å². The summed E-state index contributed by atoms with van der Waals surface area (Å²) in [4.78, 5) is 17.6. The quantitative estimate of drug-likeness (QED) is 0.218. The molecule has 0 saturated carbocycles. The molecule has 1 aromatic heterocycles. The zero-order chi connectivity index (χ0) is 25.6. The van der Waals surface area contributed by atoms with Gasteiger partial charge in [0, 0.05) is 60.3 Å². The maximum Gasteiger partial charge on any atom is 0.225 e. The predicted octanol–water partition coefficient (Wildman–Crippen LogP) is 7.30. The first-order valence-corrected chi connectivity index (χ1v) is 12.9. The first-order chi connectivity index (χ1) is 18.1. The third-order valence-corrected chi connectivity index (χ3v) is 6.79. The van der Waals surface area contributed by atoms with Crippen LogP contribution in [0.1, 0.15) is 60.8 Å². The summed E-state index contributed by atoms with van der Waals surface area (Å²) >= 11 is 0. The average molecular weight is 532 g/mol. The van der Waals surface area contributed by atoms with Crippen LogP contribution >= 0.6 is 12.4 Å². The number of para-hydroxylation sites is 3. The highest BCUT2D eigenvalue weighted by Gasteiger charge is 2.29. The third kappa shape index (κ3) is 6.26. The lowest BCUT2D eigenvalue weighted by molar-refractivity contribution is -0.116. The molecule has 3 aromatic carbocycles. The molecule has 0 unspecified atom stereocenters. The molecule has 5 rings (SSSR count). The van der Waals surface area contributed by atoms with E-state index in [1.807, 2.05) is 77.8 Å². The monoisotopic (exact) mass is 531 g/mol. The van der Waals surface area contributed by atoms with Crippen LogP contribution in [0.5, 0.6) is 11.5 Å². The number of hydrogen-bond donors (Lipinski definition) is 1. The number of anilines is 1. The molecule has 4 aromatic rings. The highest BCUT2D eigenvalue weighted by Crippen LogP contribution is 2.45. The lowest BCUT2D eigenvalue weighted by Crippen LogP contribution is -2.20. The maximum absolute atomic E-state index is 13.5. The van der Waals surface area contributed by atoms with Crippen molar-refractivity contribution in [2.24, 2.45) is 0 Å². The van der Waals surface area contributed by atoms with Crippen LogP contribution in [-0.2, 0) is 22.7 Å². The molecule has 0 radical (unpaired) electrons. The van der Waals surface area contributed by atoms with Crippen LogP contribution in [0.3, 0.4) is 0 Å². The van der Waals surface area contributed by atoms with Gasteiger partial charge in [0.05, 0.1) is 12.9 Å². The summed E-state index contributed by atoms with van der Waals surface area (Å²) in [5, 5.41) is 3.26. The summed E-state index contributed by atoms with van der Waals surface area (Å²) in [6, 6.07) is 22.1. The number of fused-ring (bicyclic) bond motifs is 2. The number of halogens is 1. The number of amides is 1. The Morgan fingerprint density at radius 1 is 1.03 bits per heavy atom. The van der Waals surface area contributed by atoms with Crippen LogP contribution in [0.2, 0.25) is 0 Å². The zero-order valence-corrected chi connectivity index (χ0v) is 22.6. The van der Waals surface area contributed by atoms with E-state index in [1.54, 1.807) is 6.20 Å². The van der Waals surface area contributed by atoms with Gasteiger partial charge in [-0.05, 0) is 30.0 Å². The SMILES string of the molecule is CC(C)c1cccc(COCCCn2ccnc2)c1NC(=O)CC1c2ccccc2Oc2ccccc21.Cl. The molecule has 38 heavy (non-hydrogen) atoms. The number of benzene rings is 3. The van der Waals surface area contributed by atoms with Gasteiger partial charge in [-0.15, -0.1) is 12.4 Å². The standard InChI is InChI=1S/C31H33N3O3.ClH/c1-22(2)24-12-7-9-23(20-36-18-8-16-34-17-15-32-21-34)31(24)33-30(35)19-27-25-10-3-5-13-28(25)37-29-14-6-4-11-26(27)29;/h3-7,9-15,17,21-22,27H,8,16,18-20H2,1-2H3,(H,33,35);1H. The fourth-order valence-corrected chi connectivity index (χ4v) is 4.93. The molecule has 0 bridgehead atoms. The first-order valence-electron chi connectivity index (χ1n) is 12.9. The molecule has 198 valence electrons. The van der Waals surface area contributed by atoms with Crippen molar-refractivity contribution >= 4 is 24.0 Å². The summed E-state index contributed by atoms with van der Waals surface area (Å²) in [5.41, 5.74) is 5.05. The first kappa shape index (κ1) is 27.4. The highest BCUT2D eigenvalue weighted by molar-refractivity contribution is 5.93. The van der Waals surface area contributed by atoms with Crippen molar-refractivity contribution in [2.45, 2.75) is 51.7 Å². The van der Waals surface area contributed by atoms with E-state index in [2.05, 4.69) is 30.2 Å². The predicted molar refractivity (Wildman–Crippen MR) is 152 cm³/mol. The summed E-state index contributed by atoms with van der Waals surface area (Å²) in [7, 11) is 0. The van der Waals surface area contributed by atoms with Crippen molar-refractivity contribution in [1.29, 1.82) is 0 Å². The smallest absolute Gasteiger partial charge is 0.225 e. The van der Waals surface area contributed by atoms with Crippen molar-refractivity contribution < 1.29 is 14.3 Å². The Morgan fingerprint density at radius 2 is 1.74 bits per heavy atom. The fraction of sp³-hybridized carbons (Fsp3) is 0.290. The minimum Gasteiger partial charge on any atom is -0.457 e. The summed E-state index contributed by atoms with van der Waals surface area (Å²) < 4.78 is 14.2. The van der Waals surface area contributed by atoms with E-state index in [1.165, 1.54) is 0 Å². The van der Waals surface area contributed by atoms with Crippen molar-refractivity contribution in [2.75, 3.05) is 11.9 Å². The van der Waals surface area contributed by atoms with Crippen LogP contribution in [0, 0.1) is 0 Å². The highest BCUT2D eigenvalue weighted by atomic mass is 35.5. The number of nitrogens with zero attached hydrogens (tertiary/aromatic N) is 2. The number of nitrogens with one attached hydrogen (secondary N) is 1. The van der Waals surface area contributed by atoms with Gasteiger partial charge in [-0.1, -0.05) is 68.4 Å². The Bertz CT molecular complexity index is 1310. The number of rotatable bonds is 10. The van der Waals surface area contributed by atoms with Gasteiger partial charge in [0.15, 0.2) is 0 Å². The molecule has 1 N–H and O–H groups in total. The molecular weight excluding hydrogens is 498 g/mol. The molecule has 1 aliphatic heterocycles. The van der Waals surface area contributed by atoms with Gasteiger partial charge >= 0.3 is 0 Å². The molecule has 1 aliphatic rings. The second kappa shape index (κ2) is 12.8. The molecule has 2 heterocycles. The van der Waals surface area contributed by atoms with Crippen LogP contribution in [0.15, 0.2) is 85.5 Å². The molecule has 1 amide bonds. The molecule has 0 fully saturated rings. The second-order valence-corrected chi connectivity index (χ2v) is 9.73. The summed E-state index contributed by atoms with van der Waals surface area (Å²) in [6.45, 7) is 6.23. The number of carbonyl (C=O) groups excluding carboxylic acids is 1. The minimum atomic E-state index is -0.0739. The molecule has 0 aliphatic carbocycles. The topological polar surface area (TPSA) is 65.4 Å². The van der Waals surface area contributed by atoms with Crippen molar-refractivity contribution in [3.05, 3.63) is 108 Å². The van der Waals surface area contributed by atoms with Gasteiger partial charge < -0.3 is 19.4 Å². The minimum absolute atomic E-state index is 0. The van der Waals surface area contributed by atoms with Crippen LogP contribution in [-0.4, -0.2) is 22.1 Å². The Morgan fingerprint density at radius 3 is 2.39 bits per heavy atom. The Balaban J connectivity index is 0.00000336. The van der Waals surface area contributed by atoms with E-state index in [4.69, 9.17) is 9.47 Å². The summed E-state index contributed by atoms with van der Waals surface area (Å²) in [6.07, 6.45) is 6.77. The molecule has 7 heteroatoms.